The van der Waals surface area contributed by atoms with Crippen LogP contribution in [0.4, 0.5) is 0 Å². The highest BCUT2D eigenvalue weighted by Crippen LogP contribution is 2.57. The van der Waals surface area contributed by atoms with E-state index in [9.17, 15) is 0 Å². The fourth-order valence-electron chi connectivity index (χ4n) is 4.74. The van der Waals surface area contributed by atoms with Gasteiger partial charge < -0.3 is 15.4 Å². The third-order valence-corrected chi connectivity index (χ3v) is 6.33. The summed E-state index contributed by atoms with van der Waals surface area (Å²) < 4.78 is 6.01. The molecule has 0 aromatic carbocycles. The second-order valence-corrected chi connectivity index (χ2v) is 7.88. The van der Waals surface area contributed by atoms with Crippen molar-refractivity contribution < 1.29 is 4.74 Å². The van der Waals surface area contributed by atoms with Crippen LogP contribution in [0.2, 0.25) is 0 Å². The molecule has 3 aliphatic rings. The van der Waals surface area contributed by atoms with Crippen molar-refractivity contribution in [2.45, 2.75) is 51.3 Å². The van der Waals surface area contributed by atoms with Gasteiger partial charge in [-0.25, -0.2) is 0 Å². The molecule has 2 saturated heterocycles. The van der Waals surface area contributed by atoms with Gasteiger partial charge in [0, 0.05) is 55.7 Å². The number of nitrogens with two attached hydrogens (primary N) is 1. The van der Waals surface area contributed by atoms with Crippen LogP contribution in [0.5, 0.6) is 0 Å². The summed E-state index contributed by atoms with van der Waals surface area (Å²) in [6.45, 7) is 12.3. The molecule has 4 atom stereocenters. The van der Waals surface area contributed by atoms with Gasteiger partial charge in [0.05, 0.1) is 6.10 Å². The largest absolute Gasteiger partial charge is 0.377 e. The second-order valence-electron chi connectivity index (χ2n) is 7.88. The van der Waals surface area contributed by atoms with Gasteiger partial charge in [0.15, 0.2) is 0 Å². The first kappa shape index (κ1) is 14.8. The maximum absolute atomic E-state index is 6.93. The molecule has 2 heterocycles. The van der Waals surface area contributed by atoms with E-state index in [1.165, 1.54) is 12.8 Å². The van der Waals surface area contributed by atoms with Gasteiger partial charge >= 0.3 is 0 Å². The molecule has 0 aromatic heterocycles. The van der Waals surface area contributed by atoms with E-state index in [0.29, 0.717) is 18.1 Å². The molecule has 4 heteroatoms. The normalized spacial score (nSPS) is 45.8. The number of nitrogens with zero attached hydrogens (tertiary/aromatic N) is 2. The molecule has 0 aromatic rings. The van der Waals surface area contributed by atoms with E-state index in [0.717, 1.165) is 32.8 Å². The molecule has 1 aliphatic carbocycles. The molecule has 4 nitrogen and oxygen atoms in total. The Balaban J connectivity index is 1.72. The predicted octanol–water partition coefficient (Wildman–Crippen LogP) is 1.15. The maximum Gasteiger partial charge on any atom is 0.0690 e. The van der Waals surface area contributed by atoms with E-state index in [4.69, 9.17) is 10.5 Å². The van der Waals surface area contributed by atoms with E-state index >= 15 is 0 Å². The number of hydrogen-bond acceptors (Lipinski definition) is 4. The van der Waals surface area contributed by atoms with Crippen LogP contribution in [0.25, 0.3) is 0 Å². The maximum atomic E-state index is 6.93. The summed E-state index contributed by atoms with van der Waals surface area (Å²) in [7, 11) is 2.21. The smallest absolute Gasteiger partial charge is 0.0690 e. The Morgan fingerprint density at radius 1 is 1.30 bits per heavy atom. The second kappa shape index (κ2) is 4.94. The first-order chi connectivity index (χ1) is 9.36. The van der Waals surface area contributed by atoms with Crippen LogP contribution in [0, 0.1) is 11.3 Å². The molecule has 1 saturated carbocycles. The van der Waals surface area contributed by atoms with Crippen LogP contribution in [-0.4, -0.2) is 67.3 Å². The van der Waals surface area contributed by atoms with Gasteiger partial charge in [-0.05, 0) is 26.8 Å². The van der Waals surface area contributed by atoms with E-state index in [1.807, 2.05) is 0 Å². The summed E-state index contributed by atoms with van der Waals surface area (Å²) in [6.07, 6.45) is 2.80. The summed E-state index contributed by atoms with van der Waals surface area (Å²) >= 11 is 0. The number of piperazine rings is 1. The first-order valence-corrected chi connectivity index (χ1v) is 8.19. The Hall–Kier alpha value is -0.160. The highest BCUT2D eigenvalue weighted by atomic mass is 16.5. The average molecular weight is 281 g/mol. The van der Waals surface area contributed by atoms with Crippen LogP contribution in [0.3, 0.4) is 0 Å². The van der Waals surface area contributed by atoms with Crippen molar-refractivity contribution in [3.63, 3.8) is 0 Å². The number of rotatable bonds is 2. The molecule has 3 fully saturated rings. The molecule has 0 amide bonds. The summed E-state index contributed by atoms with van der Waals surface area (Å²) in [5.41, 5.74) is 6.94. The van der Waals surface area contributed by atoms with Gasteiger partial charge in [-0.15, -0.1) is 0 Å². The minimum absolute atomic E-state index is 0.0811. The van der Waals surface area contributed by atoms with Gasteiger partial charge in [-0.3, -0.25) is 4.90 Å². The van der Waals surface area contributed by atoms with Crippen molar-refractivity contribution in [3.8, 4) is 0 Å². The van der Waals surface area contributed by atoms with E-state index in [-0.39, 0.29) is 11.0 Å². The molecule has 0 radical (unpaired) electrons. The highest BCUT2D eigenvalue weighted by molar-refractivity contribution is 5.21. The molecule has 3 rings (SSSR count). The quantitative estimate of drug-likeness (QED) is 0.824. The minimum Gasteiger partial charge on any atom is -0.377 e. The molecular weight excluding hydrogens is 250 g/mol. The number of ether oxygens (including phenoxy) is 1. The zero-order valence-electron chi connectivity index (χ0n) is 13.6. The summed E-state index contributed by atoms with van der Waals surface area (Å²) in [5.74, 6) is 0.554. The SMILES string of the molecule is CC1CN(C)CCN1CC1(N)C2CCCOC2C1(C)C. The predicted molar refractivity (Wildman–Crippen MR) is 81.7 cm³/mol. The Morgan fingerprint density at radius 3 is 2.75 bits per heavy atom. The Labute approximate surface area is 123 Å². The van der Waals surface area contributed by atoms with Gasteiger partial charge in [-0.1, -0.05) is 13.8 Å². The average Bonchev–Trinajstić information content (AvgIpc) is 2.42. The molecule has 2 N–H and O–H groups in total. The summed E-state index contributed by atoms with van der Waals surface area (Å²) in [5, 5.41) is 0. The van der Waals surface area contributed by atoms with Crippen LogP contribution >= 0.6 is 0 Å². The molecular formula is C16H31N3O. The topological polar surface area (TPSA) is 41.7 Å². The van der Waals surface area contributed by atoms with E-state index in [1.54, 1.807) is 0 Å². The van der Waals surface area contributed by atoms with Crippen LogP contribution < -0.4 is 5.73 Å². The van der Waals surface area contributed by atoms with Gasteiger partial charge in [0.1, 0.15) is 0 Å². The molecule has 2 aliphatic heterocycles. The Morgan fingerprint density at radius 2 is 2.05 bits per heavy atom. The molecule has 0 bridgehead atoms. The standard InChI is InChI=1S/C16H31N3O/c1-12-10-18(4)7-8-19(12)11-16(17)13-6-5-9-20-14(13)15(16,2)3/h12-14H,5-11,17H2,1-4H3. The lowest BCUT2D eigenvalue weighted by Crippen LogP contribution is -2.81. The van der Waals surface area contributed by atoms with E-state index < -0.39 is 0 Å². The summed E-state index contributed by atoms with van der Waals surface area (Å²) in [6, 6.07) is 0.605. The van der Waals surface area contributed by atoms with Crippen LogP contribution in [0.15, 0.2) is 0 Å². The van der Waals surface area contributed by atoms with Gasteiger partial charge in [0.2, 0.25) is 0 Å². The molecule has 116 valence electrons. The summed E-state index contributed by atoms with van der Waals surface area (Å²) in [4.78, 5) is 5.02. The van der Waals surface area contributed by atoms with Crippen molar-refractivity contribution >= 4 is 0 Å². The zero-order chi connectivity index (χ0) is 14.5. The van der Waals surface area contributed by atoms with Crippen molar-refractivity contribution in [1.29, 1.82) is 0 Å². The van der Waals surface area contributed by atoms with Crippen molar-refractivity contribution in [1.82, 2.24) is 9.80 Å². The molecule has 20 heavy (non-hydrogen) atoms. The minimum atomic E-state index is -0.0811. The first-order valence-electron chi connectivity index (χ1n) is 8.19. The third-order valence-electron chi connectivity index (χ3n) is 6.33. The fraction of sp³-hybridized carbons (Fsp3) is 1.00. The van der Waals surface area contributed by atoms with Crippen molar-refractivity contribution in [2.24, 2.45) is 17.1 Å². The van der Waals surface area contributed by atoms with Crippen LogP contribution in [-0.2, 0) is 4.74 Å². The van der Waals surface area contributed by atoms with Crippen LogP contribution in [0.1, 0.15) is 33.6 Å². The fourth-order valence-corrected chi connectivity index (χ4v) is 4.74. The number of likely N-dealkylation sites (N-methyl/N-ethyl adjacent to an activating group) is 1. The monoisotopic (exact) mass is 281 g/mol. The highest BCUT2D eigenvalue weighted by Gasteiger charge is 2.66. The van der Waals surface area contributed by atoms with Gasteiger partial charge in [0.25, 0.3) is 0 Å². The lowest BCUT2D eigenvalue weighted by Gasteiger charge is -2.68. The molecule has 0 spiro atoms. The Kier molecular flexibility index (Phi) is 3.65. The molecule has 4 unspecified atom stereocenters. The van der Waals surface area contributed by atoms with Gasteiger partial charge in [-0.2, -0.15) is 0 Å². The third kappa shape index (κ3) is 2.04. The number of hydrogen-bond donors (Lipinski definition) is 1. The Bertz CT molecular complexity index is 373. The number of fused-ring (bicyclic) bond motifs is 1. The lowest BCUT2D eigenvalue weighted by molar-refractivity contribution is -0.234. The zero-order valence-corrected chi connectivity index (χ0v) is 13.6. The van der Waals surface area contributed by atoms with Crippen molar-refractivity contribution in [2.75, 3.05) is 39.8 Å². The van der Waals surface area contributed by atoms with Crippen molar-refractivity contribution in [3.05, 3.63) is 0 Å². The lowest BCUT2D eigenvalue weighted by atomic mass is 9.46. The van der Waals surface area contributed by atoms with E-state index in [2.05, 4.69) is 37.6 Å².